The number of carbonyl (C=O) groups excluding carboxylic acids is 2. The molecule has 3 rings (SSSR count). The smallest absolute Gasteiger partial charge is 0.227 e. The highest BCUT2D eigenvalue weighted by Crippen LogP contribution is 2.29. The van der Waals surface area contributed by atoms with Gasteiger partial charge in [-0.3, -0.25) is 9.59 Å². The normalized spacial score (nSPS) is 22.4. The summed E-state index contributed by atoms with van der Waals surface area (Å²) in [5.41, 5.74) is 1.76. The molecule has 2 aliphatic rings. The van der Waals surface area contributed by atoms with Crippen molar-refractivity contribution in [3.8, 4) is 0 Å². The highest BCUT2D eigenvalue weighted by Gasteiger charge is 2.36. The van der Waals surface area contributed by atoms with E-state index >= 15 is 0 Å². The number of nitrogens with one attached hydrogen (secondary N) is 1. The molecule has 2 amide bonds. The molecule has 1 aromatic rings. The molecule has 1 saturated carbocycles. The second-order valence-electron chi connectivity index (χ2n) is 6.68. The van der Waals surface area contributed by atoms with Gasteiger partial charge in [-0.15, -0.1) is 0 Å². The Morgan fingerprint density at radius 3 is 2.70 bits per heavy atom. The summed E-state index contributed by atoms with van der Waals surface area (Å²) in [5, 5.41) is 3.77. The highest BCUT2D eigenvalue weighted by atomic mass is 35.5. The number of hydrogen-bond donors (Lipinski definition) is 1. The van der Waals surface area contributed by atoms with Gasteiger partial charge in [0.05, 0.1) is 5.92 Å². The molecular weight excluding hydrogens is 312 g/mol. The maximum absolute atomic E-state index is 12.4. The fourth-order valence-electron chi connectivity index (χ4n) is 3.45. The van der Waals surface area contributed by atoms with Crippen LogP contribution in [0.4, 0.5) is 5.69 Å². The topological polar surface area (TPSA) is 49.4 Å². The third-order valence-corrected chi connectivity index (χ3v) is 5.32. The average molecular weight is 335 g/mol. The minimum absolute atomic E-state index is 0.00582. The quantitative estimate of drug-likeness (QED) is 0.920. The Labute approximate surface area is 142 Å². The molecule has 4 nitrogen and oxygen atoms in total. The summed E-state index contributed by atoms with van der Waals surface area (Å²) in [7, 11) is 0. The maximum Gasteiger partial charge on any atom is 0.227 e. The molecule has 1 N–H and O–H groups in total. The Morgan fingerprint density at radius 2 is 2.00 bits per heavy atom. The van der Waals surface area contributed by atoms with Crippen LogP contribution in [-0.2, 0) is 9.59 Å². The van der Waals surface area contributed by atoms with Gasteiger partial charge in [0, 0.05) is 29.7 Å². The van der Waals surface area contributed by atoms with Gasteiger partial charge in [0.1, 0.15) is 0 Å². The van der Waals surface area contributed by atoms with Gasteiger partial charge < -0.3 is 10.2 Å². The van der Waals surface area contributed by atoms with E-state index in [0.717, 1.165) is 24.1 Å². The number of halogens is 1. The van der Waals surface area contributed by atoms with E-state index in [9.17, 15) is 9.59 Å². The molecule has 1 aliphatic carbocycles. The minimum atomic E-state index is -0.260. The number of nitrogens with zero attached hydrogens (tertiary/aromatic N) is 1. The molecule has 1 saturated heterocycles. The lowest BCUT2D eigenvalue weighted by Crippen LogP contribution is -2.40. The third kappa shape index (κ3) is 3.69. The summed E-state index contributed by atoms with van der Waals surface area (Å²) < 4.78 is 0. The van der Waals surface area contributed by atoms with Crippen molar-refractivity contribution in [1.82, 2.24) is 5.32 Å². The fraction of sp³-hybridized carbons (Fsp3) is 0.556. The van der Waals surface area contributed by atoms with E-state index < -0.39 is 0 Å². The second-order valence-corrected chi connectivity index (χ2v) is 7.09. The molecule has 0 bridgehead atoms. The molecule has 1 aromatic carbocycles. The molecule has 2 fully saturated rings. The van der Waals surface area contributed by atoms with Crippen LogP contribution in [-0.4, -0.2) is 24.4 Å². The van der Waals surface area contributed by atoms with Crippen LogP contribution in [0.25, 0.3) is 0 Å². The van der Waals surface area contributed by atoms with E-state index in [1.165, 1.54) is 19.3 Å². The monoisotopic (exact) mass is 334 g/mol. The summed E-state index contributed by atoms with van der Waals surface area (Å²) >= 11 is 6.15. The first kappa shape index (κ1) is 16.3. The molecule has 1 atom stereocenters. The molecule has 23 heavy (non-hydrogen) atoms. The number of benzene rings is 1. The van der Waals surface area contributed by atoms with Gasteiger partial charge >= 0.3 is 0 Å². The molecule has 124 valence electrons. The van der Waals surface area contributed by atoms with Crippen molar-refractivity contribution in [2.24, 2.45) is 5.92 Å². The third-order valence-electron chi connectivity index (χ3n) is 4.91. The number of carbonyl (C=O) groups is 2. The van der Waals surface area contributed by atoms with Gasteiger partial charge in [-0.1, -0.05) is 36.9 Å². The van der Waals surface area contributed by atoms with E-state index in [-0.39, 0.29) is 30.2 Å². The number of anilines is 1. The van der Waals surface area contributed by atoms with Crippen LogP contribution < -0.4 is 10.2 Å². The van der Waals surface area contributed by atoms with E-state index in [1.807, 2.05) is 19.1 Å². The van der Waals surface area contributed by atoms with E-state index in [4.69, 9.17) is 11.6 Å². The first-order valence-electron chi connectivity index (χ1n) is 8.41. The van der Waals surface area contributed by atoms with Gasteiger partial charge in [-0.05, 0) is 37.5 Å². The van der Waals surface area contributed by atoms with Gasteiger partial charge in [-0.2, -0.15) is 0 Å². The summed E-state index contributed by atoms with van der Waals surface area (Å²) in [6.07, 6.45) is 6.03. The predicted octanol–water partition coefficient (Wildman–Crippen LogP) is 3.45. The molecule has 0 radical (unpaired) electrons. The van der Waals surface area contributed by atoms with Crippen LogP contribution in [0.2, 0.25) is 5.02 Å². The van der Waals surface area contributed by atoms with Crippen LogP contribution in [0.15, 0.2) is 18.2 Å². The first-order chi connectivity index (χ1) is 11.0. The highest BCUT2D eigenvalue weighted by molar-refractivity contribution is 6.31. The van der Waals surface area contributed by atoms with Crippen molar-refractivity contribution in [3.63, 3.8) is 0 Å². The van der Waals surface area contributed by atoms with Crippen molar-refractivity contribution >= 4 is 29.1 Å². The van der Waals surface area contributed by atoms with Gasteiger partial charge in [0.15, 0.2) is 0 Å². The van der Waals surface area contributed by atoms with Crippen molar-refractivity contribution < 1.29 is 9.59 Å². The zero-order chi connectivity index (χ0) is 16.4. The van der Waals surface area contributed by atoms with Crippen LogP contribution in [0.3, 0.4) is 0 Å². The summed E-state index contributed by atoms with van der Waals surface area (Å²) in [5.74, 6) is -0.246. The average Bonchev–Trinajstić information content (AvgIpc) is 2.93. The van der Waals surface area contributed by atoms with Crippen LogP contribution in [0.1, 0.15) is 44.1 Å². The Balaban J connectivity index is 1.64. The molecule has 5 heteroatoms. The SMILES string of the molecule is Cc1ccc(N2C[C@H](C(=O)NC3CCCCC3)CC2=O)cc1Cl. The molecule has 0 spiro atoms. The Hall–Kier alpha value is -1.55. The lowest BCUT2D eigenvalue weighted by molar-refractivity contribution is -0.127. The molecule has 0 aromatic heterocycles. The van der Waals surface area contributed by atoms with Crippen LogP contribution in [0, 0.1) is 12.8 Å². The summed E-state index contributed by atoms with van der Waals surface area (Å²) in [4.78, 5) is 26.4. The Morgan fingerprint density at radius 1 is 1.26 bits per heavy atom. The van der Waals surface area contributed by atoms with E-state index in [1.54, 1.807) is 11.0 Å². The van der Waals surface area contributed by atoms with Gasteiger partial charge in [0.25, 0.3) is 0 Å². The largest absolute Gasteiger partial charge is 0.353 e. The number of aryl methyl sites for hydroxylation is 1. The Bertz CT molecular complexity index is 611. The maximum atomic E-state index is 12.4. The molecular formula is C18H23ClN2O2. The lowest BCUT2D eigenvalue weighted by atomic mass is 9.95. The first-order valence-corrected chi connectivity index (χ1v) is 8.79. The molecule has 1 aliphatic heterocycles. The fourth-order valence-corrected chi connectivity index (χ4v) is 3.62. The number of hydrogen-bond acceptors (Lipinski definition) is 2. The minimum Gasteiger partial charge on any atom is -0.353 e. The van der Waals surface area contributed by atoms with Crippen LogP contribution >= 0.6 is 11.6 Å². The summed E-state index contributed by atoms with van der Waals surface area (Å²) in [6.45, 7) is 2.37. The van der Waals surface area contributed by atoms with Crippen molar-refractivity contribution in [2.45, 2.75) is 51.5 Å². The number of amides is 2. The molecule has 0 unspecified atom stereocenters. The number of rotatable bonds is 3. The Kier molecular flexibility index (Phi) is 4.90. The zero-order valence-corrected chi connectivity index (χ0v) is 14.2. The van der Waals surface area contributed by atoms with E-state index in [2.05, 4.69) is 5.32 Å². The second kappa shape index (κ2) is 6.91. The predicted molar refractivity (Wildman–Crippen MR) is 91.7 cm³/mol. The van der Waals surface area contributed by atoms with Crippen LogP contribution in [0.5, 0.6) is 0 Å². The zero-order valence-electron chi connectivity index (χ0n) is 13.5. The van der Waals surface area contributed by atoms with Gasteiger partial charge in [0.2, 0.25) is 11.8 Å². The molecule has 1 heterocycles. The van der Waals surface area contributed by atoms with Crippen molar-refractivity contribution in [3.05, 3.63) is 28.8 Å². The van der Waals surface area contributed by atoms with Gasteiger partial charge in [-0.25, -0.2) is 0 Å². The lowest BCUT2D eigenvalue weighted by Gasteiger charge is -2.24. The van der Waals surface area contributed by atoms with Crippen molar-refractivity contribution in [2.75, 3.05) is 11.4 Å². The standard InChI is InChI=1S/C18H23ClN2O2/c1-12-7-8-15(10-16(12)19)21-11-13(9-17(21)22)18(23)20-14-5-3-2-4-6-14/h7-8,10,13-14H,2-6,9,11H2,1H3,(H,20,23)/t13-/m1/s1. The summed E-state index contributed by atoms with van der Waals surface area (Å²) in [6, 6.07) is 5.88. The van der Waals surface area contributed by atoms with E-state index in [0.29, 0.717) is 11.6 Å². The van der Waals surface area contributed by atoms with Crippen molar-refractivity contribution in [1.29, 1.82) is 0 Å².